The van der Waals surface area contributed by atoms with Crippen LogP contribution in [-0.2, 0) is 4.79 Å². The number of nitrogens with zero attached hydrogens (tertiary/aromatic N) is 2. The number of carbonyl (C=O) groups excluding carboxylic acids is 1. The Morgan fingerprint density at radius 2 is 1.76 bits per heavy atom. The fourth-order valence-corrected chi connectivity index (χ4v) is 5.00. The first kappa shape index (κ1) is 26.8. The van der Waals surface area contributed by atoms with E-state index in [0.29, 0.717) is 33.4 Å². The van der Waals surface area contributed by atoms with Crippen molar-refractivity contribution in [2.75, 3.05) is 25.3 Å². The molecule has 0 spiro atoms. The Morgan fingerprint density at radius 1 is 0.974 bits per heavy atom. The minimum absolute atomic E-state index is 0.0846. The molecule has 0 saturated carbocycles. The van der Waals surface area contributed by atoms with Crippen LogP contribution in [0.3, 0.4) is 0 Å². The summed E-state index contributed by atoms with van der Waals surface area (Å²) in [6, 6.07) is 25.5. The van der Waals surface area contributed by atoms with Crippen LogP contribution in [0.1, 0.15) is 23.1 Å². The van der Waals surface area contributed by atoms with Crippen LogP contribution in [0.2, 0.25) is 0 Å². The summed E-state index contributed by atoms with van der Waals surface area (Å²) in [5.74, 6) is 1.65. The molecule has 1 N–H and O–H groups in total. The maximum Gasteiger partial charge on any atom is 0.225 e. The van der Waals surface area contributed by atoms with E-state index in [1.807, 2.05) is 86.6 Å². The van der Waals surface area contributed by atoms with Crippen molar-refractivity contribution < 1.29 is 14.3 Å². The minimum Gasteiger partial charge on any atom is -0.497 e. The molecule has 0 aliphatic heterocycles. The molecule has 0 aliphatic carbocycles. The zero-order chi connectivity index (χ0) is 27.1. The van der Waals surface area contributed by atoms with Gasteiger partial charge in [0.15, 0.2) is 0 Å². The SMILES string of the molecule is COc1ccc(OC)c(-c2cc(-c3ccccc3)nc(SCCC(=O)Nc3cc(C)ccc3C)c2C#N)c1. The summed E-state index contributed by atoms with van der Waals surface area (Å²) in [7, 11) is 3.20. The monoisotopic (exact) mass is 523 g/mol. The number of hydrogen-bond donors (Lipinski definition) is 1. The Labute approximate surface area is 227 Å². The molecule has 0 saturated heterocycles. The Bertz CT molecular complexity index is 1500. The highest BCUT2D eigenvalue weighted by atomic mass is 32.2. The largest absolute Gasteiger partial charge is 0.497 e. The van der Waals surface area contributed by atoms with Gasteiger partial charge < -0.3 is 14.8 Å². The molecule has 0 bridgehead atoms. The van der Waals surface area contributed by atoms with Crippen LogP contribution < -0.4 is 14.8 Å². The first-order valence-corrected chi connectivity index (χ1v) is 13.1. The molecule has 38 heavy (non-hydrogen) atoms. The van der Waals surface area contributed by atoms with Crippen molar-refractivity contribution in [1.29, 1.82) is 5.26 Å². The van der Waals surface area contributed by atoms with E-state index in [2.05, 4.69) is 11.4 Å². The molecule has 1 aromatic heterocycles. The number of aromatic nitrogens is 1. The van der Waals surface area contributed by atoms with Crippen molar-refractivity contribution in [1.82, 2.24) is 4.98 Å². The second-order valence-electron chi connectivity index (χ2n) is 8.74. The highest BCUT2D eigenvalue weighted by molar-refractivity contribution is 7.99. The van der Waals surface area contributed by atoms with Crippen molar-refractivity contribution in [2.24, 2.45) is 0 Å². The van der Waals surface area contributed by atoms with Gasteiger partial charge in [0.05, 0.1) is 25.5 Å². The number of methoxy groups -OCH3 is 2. The van der Waals surface area contributed by atoms with E-state index >= 15 is 0 Å². The van der Waals surface area contributed by atoms with Gasteiger partial charge in [-0.25, -0.2) is 4.98 Å². The number of thioether (sulfide) groups is 1. The summed E-state index contributed by atoms with van der Waals surface area (Å²) in [6.07, 6.45) is 0.276. The molecule has 3 aromatic carbocycles. The predicted molar refractivity (Wildman–Crippen MR) is 153 cm³/mol. The molecule has 7 heteroatoms. The molecule has 1 heterocycles. The van der Waals surface area contributed by atoms with E-state index in [1.165, 1.54) is 11.8 Å². The van der Waals surface area contributed by atoms with Crippen LogP contribution >= 0.6 is 11.8 Å². The highest BCUT2D eigenvalue weighted by Gasteiger charge is 2.19. The van der Waals surface area contributed by atoms with Crippen LogP contribution in [0.4, 0.5) is 5.69 Å². The molecule has 4 rings (SSSR count). The number of benzene rings is 3. The third-order valence-electron chi connectivity index (χ3n) is 6.10. The lowest BCUT2D eigenvalue weighted by Crippen LogP contribution is -2.13. The zero-order valence-electron chi connectivity index (χ0n) is 21.9. The van der Waals surface area contributed by atoms with Gasteiger partial charge in [-0.2, -0.15) is 5.26 Å². The fraction of sp³-hybridized carbons (Fsp3) is 0.194. The Balaban J connectivity index is 1.68. The number of rotatable bonds is 9. The van der Waals surface area contributed by atoms with Crippen LogP contribution in [0.5, 0.6) is 11.5 Å². The van der Waals surface area contributed by atoms with Crippen molar-refractivity contribution in [2.45, 2.75) is 25.3 Å². The summed E-state index contributed by atoms with van der Waals surface area (Å²) in [5, 5.41) is 13.8. The number of hydrogen-bond acceptors (Lipinski definition) is 6. The molecule has 4 aromatic rings. The Morgan fingerprint density at radius 3 is 2.47 bits per heavy atom. The van der Waals surface area contributed by atoms with Crippen LogP contribution in [0, 0.1) is 25.2 Å². The molecule has 192 valence electrons. The van der Waals surface area contributed by atoms with Crippen molar-refractivity contribution >= 4 is 23.4 Å². The lowest BCUT2D eigenvalue weighted by molar-refractivity contribution is -0.115. The van der Waals surface area contributed by atoms with E-state index in [4.69, 9.17) is 14.5 Å². The number of aryl methyl sites for hydroxylation is 2. The van der Waals surface area contributed by atoms with Crippen molar-refractivity contribution in [3.8, 4) is 40.0 Å². The topological polar surface area (TPSA) is 84.2 Å². The van der Waals surface area contributed by atoms with Crippen LogP contribution in [0.25, 0.3) is 22.4 Å². The van der Waals surface area contributed by atoms with E-state index in [0.717, 1.165) is 33.6 Å². The number of carbonyl (C=O) groups is 1. The summed E-state index contributed by atoms with van der Waals surface area (Å²) in [4.78, 5) is 17.6. The zero-order valence-corrected chi connectivity index (χ0v) is 22.7. The number of ether oxygens (including phenoxy) is 2. The van der Waals surface area contributed by atoms with Crippen molar-refractivity contribution in [3.05, 3.63) is 89.5 Å². The smallest absolute Gasteiger partial charge is 0.225 e. The summed E-state index contributed by atoms with van der Waals surface area (Å²) in [5.41, 5.74) is 6.42. The summed E-state index contributed by atoms with van der Waals surface area (Å²) >= 11 is 1.39. The molecule has 0 radical (unpaired) electrons. The van der Waals surface area contributed by atoms with Gasteiger partial charge in [-0.05, 0) is 55.3 Å². The van der Waals surface area contributed by atoms with Gasteiger partial charge in [-0.15, -0.1) is 11.8 Å². The molecule has 1 amide bonds. The van der Waals surface area contributed by atoms with Crippen molar-refractivity contribution in [3.63, 3.8) is 0 Å². The van der Waals surface area contributed by atoms with Gasteiger partial charge in [-0.1, -0.05) is 42.5 Å². The van der Waals surface area contributed by atoms with Gasteiger partial charge in [0.25, 0.3) is 0 Å². The maximum atomic E-state index is 12.7. The van der Waals surface area contributed by atoms with Gasteiger partial charge in [0.1, 0.15) is 22.6 Å². The van der Waals surface area contributed by atoms with Crippen LogP contribution in [0.15, 0.2) is 77.8 Å². The predicted octanol–water partition coefficient (Wildman–Crippen LogP) is 7.04. The maximum absolute atomic E-state index is 12.7. The molecule has 0 aliphatic rings. The molecule has 6 nitrogen and oxygen atoms in total. The standard InChI is InChI=1S/C31H29N3O3S/c1-20-10-11-21(2)27(16-20)33-30(35)14-15-38-31-26(19-32)24(18-28(34-31)22-8-6-5-7-9-22)25-17-23(36-3)12-13-29(25)37-4/h5-13,16-18H,14-15H2,1-4H3,(H,33,35). The lowest BCUT2D eigenvalue weighted by Gasteiger charge is -2.16. The summed E-state index contributed by atoms with van der Waals surface area (Å²) in [6.45, 7) is 3.96. The average Bonchev–Trinajstić information content (AvgIpc) is 2.94. The van der Waals surface area contributed by atoms with E-state index in [-0.39, 0.29) is 12.3 Å². The number of pyridine rings is 1. The first-order chi connectivity index (χ1) is 18.4. The third kappa shape index (κ3) is 6.16. The highest BCUT2D eigenvalue weighted by Crippen LogP contribution is 2.40. The molecular weight excluding hydrogens is 494 g/mol. The van der Waals surface area contributed by atoms with Gasteiger partial charge in [0.2, 0.25) is 5.91 Å². The molecule has 0 unspecified atom stereocenters. The number of anilines is 1. The lowest BCUT2D eigenvalue weighted by atomic mass is 9.98. The normalized spacial score (nSPS) is 10.5. The van der Waals surface area contributed by atoms with E-state index in [9.17, 15) is 10.1 Å². The van der Waals surface area contributed by atoms with Gasteiger partial charge in [-0.3, -0.25) is 4.79 Å². The third-order valence-corrected chi connectivity index (χ3v) is 7.08. The first-order valence-electron chi connectivity index (χ1n) is 12.2. The van der Waals surface area contributed by atoms with E-state index in [1.54, 1.807) is 14.2 Å². The fourth-order valence-electron chi connectivity index (χ4n) is 4.05. The van der Waals surface area contributed by atoms with Crippen LogP contribution in [-0.4, -0.2) is 30.9 Å². The quantitative estimate of drug-likeness (QED) is 0.237. The average molecular weight is 524 g/mol. The Hall–Kier alpha value is -4.28. The Kier molecular flexibility index (Phi) is 8.67. The van der Waals surface area contributed by atoms with Gasteiger partial charge in [0, 0.05) is 34.6 Å². The molecular formula is C31H29N3O3S. The number of nitrogens with one attached hydrogen (secondary N) is 1. The van der Waals surface area contributed by atoms with Gasteiger partial charge >= 0.3 is 0 Å². The minimum atomic E-state index is -0.0846. The summed E-state index contributed by atoms with van der Waals surface area (Å²) < 4.78 is 11.1. The van der Waals surface area contributed by atoms with E-state index < -0.39 is 0 Å². The second kappa shape index (κ2) is 12.3. The molecule has 0 fully saturated rings. The number of amides is 1. The number of nitriles is 1. The second-order valence-corrected chi connectivity index (χ2v) is 9.83. The molecule has 0 atom stereocenters.